The molecule has 0 saturated carbocycles. The fraction of sp³-hybridized carbons (Fsp3) is 0.200. The Balaban J connectivity index is 2.57. The number of anilines is 1. The Kier molecular flexibility index (Phi) is 3.76. The second kappa shape index (κ2) is 5.49. The molecule has 0 aliphatic heterocycles. The van der Waals surface area contributed by atoms with Gasteiger partial charge in [0.2, 0.25) is 0 Å². The number of ether oxygens (including phenoxy) is 1. The third kappa shape index (κ3) is 2.24. The molecule has 0 saturated heterocycles. The first-order valence-corrected chi connectivity index (χ1v) is 6.02. The molecule has 5 heteroatoms. The van der Waals surface area contributed by atoms with Crippen molar-refractivity contribution in [3.8, 4) is 29.4 Å². The molecule has 1 aromatic carbocycles. The number of nitrogen functional groups attached to an aromatic ring is 1. The Morgan fingerprint density at radius 2 is 2.30 bits per heavy atom. The minimum Gasteiger partial charge on any atom is -0.496 e. The van der Waals surface area contributed by atoms with E-state index in [9.17, 15) is 4.79 Å². The van der Waals surface area contributed by atoms with Gasteiger partial charge in [0.25, 0.3) is 0 Å². The number of terminal acetylenes is 1. The van der Waals surface area contributed by atoms with Gasteiger partial charge in [-0.3, -0.25) is 4.79 Å². The van der Waals surface area contributed by atoms with Crippen LogP contribution in [0.2, 0.25) is 0 Å². The zero-order valence-electron chi connectivity index (χ0n) is 11.4. The van der Waals surface area contributed by atoms with Crippen LogP contribution in [-0.2, 0) is 6.54 Å². The standard InChI is InChI=1S/C15H15N3O2/c1-4-7-18-15(16)12(9-19)14(17-18)11-5-6-13(20-3)10(2)8-11/h1,5-6,8-9H,7,16H2,2-3H3. The molecule has 2 rings (SSSR count). The van der Waals surface area contributed by atoms with Crippen LogP contribution in [0.1, 0.15) is 15.9 Å². The fourth-order valence-corrected chi connectivity index (χ4v) is 2.05. The molecule has 1 heterocycles. The summed E-state index contributed by atoms with van der Waals surface area (Å²) in [6.45, 7) is 2.15. The molecule has 0 fully saturated rings. The molecular formula is C15H15N3O2. The Morgan fingerprint density at radius 1 is 1.55 bits per heavy atom. The van der Waals surface area contributed by atoms with Gasteiger partial charge in [-0.25, -0.2) is 4.68 Å². The highest BCUT2D eigenvalue weighted by Crippen LogP contribution is 2.29. The topological polar surface area (TPSA) is 70.1 Å². The van der Waals surface area contributed by atoms with Gasteiger partial charge in [-0.15, -0.1) is 6.42 Å². The Hall–Kier alpha value is -2.74. The van der Waals surface area contributed by atoms with Crippen LogP contribution in [0.25, 0.3) is 11.3 Å². The van der Waals surface area contributed by atoms with Crippen LogP contribution in [0.15, 0.2) is 18.2 Å². The maximum Gasteiger partial charge on any atom is 0.156 e. The molecule has 20 heavy (non-hydrogen) atoms. The highest BCUT2D eigenvalue weighted by atomic mass is 16.5. The molecule has 0 unspecified atom stereocenters. The number of nitrogens with two attached hydrogens (primary N) is 1. The van der Waals surface area contributed by atoms with E-state index in [2.05, 4.69) is 11.0 Å². The van der Waals surface area contributed by atoms with Crippen molar-refractivity contribution in [2.45, 2.75) is 13.5 Å². The smallest absolute Gasteiger partial charge is 0.156 e. The number of hydrogen-bond acceptors (Lipinski definition) is 4. The number of aryl methyl sites for hydroxylation is 1. The molecule has 0 aliphatic carbocycles. The summed E-state index contributed by atoms with van der Waals surface area (Å²) in [6, 6.07) is 5.56. The van der Waals surface area contributed by atoms with E-state index in [0.29, 0.717) is 17.5 Å². The molecule has 2 N–H and O–H groups in total. The SMILES string of the molecule is C#CCn1nc(-c2ccc(OC)c(C)c2)c(C=O)c1N. The Morgan fingerprint density at radius 3 is 2.85 bits per heavy atom. The number of benzene rings is 1. The minimum absolute atomic E-state index is 0.224. The van der Waals surface area contributed by atoms with Crippen molar-refractivity contribution in [1.82, 2.24) is 9.78 Å². The maximum absolute atomic E-state index is 11.2. The highest BCUT2D eigenvalue weighted by Gasteiger charge is 2.16. The molecule has 0 atom stereocenters. The summed E-state index contributed by atoms with van der Waals surface area (Å²) >= 11 is 0. The molecule has 0 aliphatic rings. The molecule has 1 aromatic heterocycles. The van der Waals surface area contributed by atoms with Gasteiger partial charge in [-0.2, -0.15) is 5.10 Å². The van der Waals surface area contributed by atoms with Crippen LogP contribution in [0, 0.1) is 19.3 Å². The lowest BCUT2D eigenvalue weighted by atomic mass is 10.1. The van der Waals surface area contributed by atoms with Gasteiger partial charge in [0, 0.05) is 5.56 Å². The number of aromatic nitrogens is 2. The summed E-state index contributed by atoms with van der Waals surface area (Å²) in [7, 11) is 1.61. The lowest BCUT2D eigenvalue weighted by molar-refractivity contribution is 0.112. The number of carbonyl (C=O) groups excluding carboxylic acids is 1. The lowest BCUT2D eigenvalue weighted by Gasteiger charge is -2.06. The van der Waals surface area contributed by atoms with E-state index >= 15 is 0 Å². The van der Waals surface area contributed by atoms with Gasteiger partial charge in [0.1, 0.15) is 23.8 Å². The monoisotopic (exact) mass is 269 g/mol. The Bertz CT molecular complexity index is 696. The van der Waals surface area contributed by atoms with Gasteiger partial charge < -0.3 is 10.5 Å². The van der Waals surface area contributed by atoms with E-state index in [1.807, 2.05) is 25.1 Å². The minimum atomic E-state index is 0.224. The predicted octanol–water partition coefficient (Wildman–Crippen LogP) is 1.90. The lowest BCUT2D eigenvalue weighted by Crippen LogP contribution is -2.03. The molecule has 2 aromatic rings. The first-order valence-electron chi connectivity index (χ1n) is 6.02. The van der Waals surface area contributed by atoms with Crippen LogP contribution in [0.4, 0.5) is 5.82 Å². The Labute approximate surface area is 117 Å². The van der Waals surface area contributed by atoms with Crippen molar-refractivity contribution in [2.24, 2.45) is 0 Å². The van der Waals surface area contributed by atoms with Crippen LogP contribution in [-0.4, -0.2) is 23.2 Å². The second-order valence-corrected chi connectivity index (χ2v) is 4.31. The summed E-state index contributed by atoms with van der Waals surface area (Å²) in [5, 5.41) is 4.31. The summed E-state index contributed by atoms with van der Waals surface area (Å²) in [5.74, 6) is 3.51. The number of methoxy groups -OCH3 is 1. The number of nitrogens with zero attached hydrogens (tertiary/aromatic N) is 2. The van der Waals surface area contributed by atoms with E-state index in [1.165, 1.54) is 4.68 Å². The third-order valence-electron chi connectivity index (χ3n) is 3.06. The molecule has 5 nitrogen and oxygen atoms in total. The maximum atomic E-state index is 11.2. The van der Waals surface area contributed by atoms with Gasteiger partial charge in [0.15, 0.2) is 6.29 Å². The van der Waals surface area contributed by atoms with Crippen molar-refractivity contribution in [2.75, 3.05) is 12.8 Å². The first-order chi connectivity index (χ1) is 9.62. The third-order valence-corrected chi connectivity index (χ3v) is 3.06. The summed E-state index contributed by atoms with van der Waals surface area (Å²) < 4.78 is 6.66. The molecule has 0 radical (unpaired) electrons. The van der Waals surface area contributed by atoms with Crippen LogP contribution in [0.5, 0.6) is 5.75 Å². The van der Waals surface area contributed by atoms with Crippen molar-refractivity contribution in [1.29, 1.82) is 0 Å². The normalized spacial score (nSPS) is 10.1. The average Bonchev–Trinajstić information content (AvgIpc) is 2.76. The fourth-order valence-electron chi connectivity index (χ4n) is 2.05. The quantitative estimate of drug-likeness (QED) is 0.679. The van der Waals surface area contributed by atoms with E-state index in [4.69, 9.17) is 16.9 Å². The van der Waals surface area contributed by atoms with Crippen molar-refractivity contribution < 1.29 is 9.53 Å². The predicted molar refractivity (Wildman–Crippen MR) is 77.6 cm³/mol. The molecule has 0 bridgehead atoms. The van der Waals surface area contributed by atoms with Gasteiger partial charge >= 0.3 is 0 Å². The molecule has 0 spiro atoms. The first kappa shape index (κ1) is 13.7. The molecular weight excluding hydrogens is 254 g/mol. The average molecular weight is 269 g/mol. The van der Waals surface area contributed by atoms with Crippen LogP contribution in [0.3, 0.4) is 0 Å². The number of rotatable bonds is 4. The van der Waals surface area contributed by atoms with Gasteiger partial charge in [0.05, 0.1) is 12.7 Å². The molecule has 102 valence electrons. The summed E-state index contributed by atoms with van der Waals surface area (Å²) in [6.07, 6.45) is 5.96. The van der Waals surface area contributed by atoms with Crippen LogP contribution >= 0.6 is 0 Å². The largest absolute Gasteiger partial charge is 0.496 e. The summed E-state index contributed by atoms with van der Waals surface area (Å²) in [4.78, 5) is 11.2. The van der Waals surface area contributed by atoms with Crippen molar-refractivity contribution in [3.05, 3.63) is 29.3 Å². The van der Waals surface area contributed by atoms with E-state index in [-0.39, 0.29) is 12.4 Å². The number of hydrogen-bond donors (Lipinski definition) is 1. The molecule has 0 amide bonds. The van der Waals surface area contributed by atoms with Gasteiger partial charge in [-0.05, 0) is 30.7 Å². The number of carbonyl (C=O) groups is 1. The van der Waals surface area contributed by atoms with Crippen LogP contribution < -0.4 is 10.5 Å². The van der Waals surface area contributed by atoms with E-state index in [0.717, 1.165) is 16.9 Å². The zero-order chi connectivity index (χ0) is 14.7. The van der Waals surface area contributed by atoms with E-state index < -0.39 is 0 Å². The summed E-state index contributed by atoms with van der Waals surface area (Å²) in [5.41, 5.74) is 8.51. The van der Waals surface area contributed by atoms with Gasteiger partial charge in [-0.1, -0.05) is 5.92 Å². The van der Waals surface area contributed by atoms with Crippen molar-refractivity contribution >= 4 is 12.1 Å². The van der Waals surface area contributed by atoms with E-state index in [1.54, 1.807) is 7.11 Å². The zero-order valence-corrected chi connectivity index (χ0v) is 11.4. The number of aldehydes is 1. The second-order valence-electron chi connectivity index (χ2n) is 4.31. The van der Waals surface area contributed by atoms with Crippen molar-refractivity contribution in [3.63, 3.8) is 0 Å². The highest BCUT2D eigenvalue weighted by molar-refractivity contribution is 5.91.